The van der Waals surface area contributed by atoms with Gasteiger partial charge in [-0.2, -0.15) is 0 Å². The van der Waals surface area contributed by atoms with Crippen LogP contribution in [0.3, 0.4) is 0 Å². The molecule has 0 N–H and O–H groups in total. The first-order valence-corrected chi connectivity index (χ1v) is 9.22. The molecule has 27 heavy (non-hydrogen) atoms. The summed E-state index contributed by atoms with van der Waals surface area (Å²) in [5, 5.41) is 0. The number of hydrogen-bond donors (Lipinski definition) is 0. The van der Waals surface area contributed by atoms with Gasteiger partial charge in [-0.05, 0) is 49.6 Å². The molecule has 140 valence electrons. The van der Waals surface area contributed by atoms with Crippen LogP contribution in [0.1, 0.15) is 28.9 Å². The standard InChI is InChI=1S/C21H22FN3O2/c1-15-8-10-24-13-18(23-20(24)11-15)21(26)25-9-4-5-16(12-25)14-27-19-7-3-2-6-17(19)22/h2-3,6-8,10-11,13,16H,4-5,9,12,14H2,1H3/t16-/m0/s1. The number of fused-ring (bicyclic) bond motifs is 1. The number of para-hydroxylation sites is 1. The second-order valence-corrected chi connectivity index (χ2v) is 7.10. The largest absolute Gasteiger partial charge is 0.490 e. The van der Waals surface area contributed by atoms with Gasteiger partial charge >= 0.3 is 0 Å². The van der Waals surface area contributed by atoms with Crippen molar-refractivity contribution in [2.24, 2.45) is 5.92 Å². The number of likely N-dealkylation sites (tertiary alicyclic amines) is 1. The highest BCUT2D eigenvalue weighted by molar-refractivity contribution is 5.93. The zero-order valence-electron chi connectivity index (χ0n) is 15.3. The number of rotatable bonds is 4. The van der Waals surface area contributed by atoms with Crippen molar-refractivity contribution in [1.29, 1.82) is 0 Å². The summed E-state index contributed by atoms with van der Waals surface area (Å²) in [7, 11) is 0. The second-order valence-electron chi connectivity index (χ2n) is 7.10. The van der Waals surface area contributed by atoms with Gasteiger partial charge in [0.15, 0.2) is 11.6 Å². The Kier molecular flexibility index (Phi) is 4.79. The Morgan fingerprint density at radius 1 is 1.33 bits per heavy atom. The normalized spacial score (nSPS) is 17.3. The fourth-order valence-electron chi connectivity index (χ4n) is 3.50. The number of carbonyl (C=O) groups excluding carboxylic acids is 1. The Morgan fingerprint density at radius 3 is 3.04 bits per heavy atom. The molecule has 1 aromatic carbocycles. The van der Waals surface area contributed by atoms with Crippen LogP contribution in [0.4, 0.5) is 4.39 Å². The SMILES string of the molecule is Cc1ccn2cc(C(=O)N3CCC[C@H](COc4ccccc4F)C3)nc2c1. The molecule has 5 nitrogen and oxygen atoms in total. The highest BCUT2D eigenvalue weighted by Gasteiger charge is 2.26. The van der Waals surface area contributed by atoms with E-state index in [-0.39, 0.29) is 23.4 Å². The number of aryl methyl sites for hydroxylation is 1. The van der Waals surface area contributed by atoms with E-state index in [4.69, 9.17) is 4.74 Å². The number of carbonyl (C=O) groups is 1. The van der Waals surface area contributed by atoms with Crippen molar-refractivity contribution < 1.29 is 13.9 Å². The van der Waals surface area contributed by atoms with Gasteiger partial charge in [0.05, 0.1) is 6.61 Å². The third-order valence-corrected chi connectivity index (χ3v) is 4.95. The van der Waals surface area contributed by atoms with E-state index in [1.165, 1.54) is 6.07 Å². The first-order chi connectivity index (χ1) is 13.1. The van der Waals surface area contributed by atoms with Crippen molar-refractivity contribution in [2.75, 3.05) is 19.7 Å². The van der Waals surface area contributed by atoms with Crippen LogP contribution in [-0.2, 0) is 0 Å². The number of ether oxygens (including phenoxy) is 1. The summed E-state index contributed by atoms with van der Waals surface area (Å²) in [4.78, 5) is 19.2. The number of halogens is 1. The number of imidazole rings is 1. The topological polar surface area (TPSA) is 46.8 Å². The van der Waals surface area contributed by atoms with Gasteiger partial charge < -0.3 is 14.0 Å². The predicted molar refractivity (Wildman–Crippen MR) is 100 cm³/mol. The quantitative estimate of drug-likeness (QED) is 0.706. The molecule has 3 heterocycles. The summed E-state index contributed by atoms with van der Waals surface area (Å²) >= 11 is 0. The smallest absolute Gasteiger partial charge is 0.274 e. The van der Waals surface area contributed by atoms with Crippen LogP contribution in [-0.4, -0.2) is 39.9 Å². The molecule has 0 aliphatic carbocycles. The maximum Gasteiger partial charge on any atom is 0.274 e. The van der Waals surface area contributed by atoms with Crippen molar-refractivity contribution in [2.45, 2.75) is 19.8 Å². The molecule has 1 atom stereocenters. The summed E-state index contributed by atoms with van der Waals surface area (Å²) < 4.78 is 21.2. The van der Waals surface area contributed by atoms with Crippen LogP contribution in [0.2, 0.25) is 0 Å². The molecule has 1 amide bonds. The monoisotopic (exact) mass is 367 g/mol. The fraction of sp³-hybridized carbons (Fsp3) is 0.333. The molecule has 1 fully saturated rings. The molecule has 1 saturated heterocycles. The molecule has 1 aliphatic heterocycles. The minimum Gasteiger partial charge on any atom is -0.490 e. The third-order valence-electron chi connectivity index (χ3n) is 4.95. The average molecular weight is 367 g/mol. The van der Waals surface area contributed by atoms with Crippen LogP contribution in [0, 0.1) is 18.7 Å². The van der Waals surface area contributed by atoms with Crippen molar-refractivity contribution >= 4 is 11.6 Å². The van der Waals surface area contributed by atoms with E-state index in [0.717, 1.165) is 24.1 Å². The number of pyridine rings is 1. The predicted octanol–water partition coefficient (Wildman–Crippen LogP) is 3.71. The summed E-state index contributed by atoms with van der Waals surface area (Å²) in [6.07, 6.45) is 5.55. The van der Waals surface area contributed by atoms with E-state index >= 15 is 0 Å². The van der Waals surface area contributed by atoms with E-state index in [2.05, 4.69) is 4.98 Å². The number of nitrogens with zero attached hydrogens (tertiary/aromatic N) is 3. The molecule has 1 aliphatic rings. The number of piperidine rings is 1. The Bertz CT molecular complexity index is 969. The van der Waals surface area contributed by atoms with Gasteiger partial charge in [-0.15, -0.1) is 0 Å². The lowest BCUT2D eigenvalue weighted by Gasteiger charge is -2.32. The average Bonchev–Trinajstić information content (AvgIpc) is 3.10. The van der Waals surface area contributed by atoms with Crippen LogP contribution >= 0.6 is 0 Å². The summed E-state index contributed by atoms with van der Waals surface area (Å²) in [6, 6.07) is 10.3. The minimum absolute atomic E-state index is 0.0630. The van der Waals surface area contributed by atoms with Gasteiger partial charge in [-0.25, -0.2) is 9.37 Å². The molecule has 0 spiro atoms. The summed E-state index contributed by atoms with van der Waals surface area (Å²) in [6.45, 7) is 3.71. The fourth-order valence-corrected chi connectivity index (χ4v) is 3.50. The molecule has 0 saturated carbocycles. The van der Waals surface area contributed by atoms with Gasteiger partial charge in [-0.3, -0.25) is 4.79 Å². The van der Waals surface area contributed by atoms with Crippen LogP contribution in [0.25, 0.3) is 5.65 Å². The Balaban J connectivity index is 1.42. The Hall–Kier alpha value is -2.89. The lowest BCUT2D eigenvalue weighted by atomic mass is 9.98. The maximum atomic E-state index is 13.7. The number of amides is 1. The number of benzene rings is 1. The van der Waals surface area contributed by atoms with Crippen molar-refractivity contribution in [1.82, 2.24) is 14.3 Å². The molecule has 2 aromatic heterocycles. The lowest BCUT2D eigenvalue weighted by molar-refractivity contribution is 0.0626. The van der Waals surface area contributed by atoms with E-state index in [0.29, 0.717) is 25.4 Å². The molecule has 3 aromatic rings. The van der Waals surface area contributed by atoms with Crippen LogP contribution < -0.4 is 4.74 Å². The zero-order chi connectivity index (χ0) is 18.8. The van der Waals surface area contributed by atoms with Crippen molar-refractivity contribution in [3.8, 4) is 5.75 Å². The van der Waals surface area contributed by atoms with Crippen LogP contribution in [0.5, 0.6) is 5.75 Å². The van der Waals surface area contributed by atoms with E-state index in [9.17, 15) is 9.18 Å². The highest BCUT2D eigenvalue weighted by Crippen LogP contribution is 2.22. The maximum absolute atomic E-state index is 13.7. The number of hydrogen-bond acceptors (Lipinski definition) is 3. The molecule has 4 rings (SSSR count). The first-order valence-electron chi connectivity index (χ1n) is 9.22. The van der Waals surface area contributed by atoms with E-state index in [1.807, 2.05) is 34.6 Å². The molecule has 0 radical (unpaired) electrons. The van der Waals surface area contributed by atoms with Gasteiger partial charge in [0, 0.05) is 31.4 Å². The van der Waals surface area contributed by atoms with E-state index in [1.54, 1.807) is 24.4 Å². The third kappa shape index (κ3) is 3.79. The minimum atomic E-state index is -0.360. The highest BCUT2D eigenvalue weighted by atomic mass is 19.1. The number of aromatic nitrogens is 2. The van der Waals surface area contributed by atoms with Crippen LogP contribution in [0.15, 0.2) is 48.8 Å². The van der Waals surface area contributed by atoms with E-state index < -0.39 is 0 Å². The first kappa shape index (κ1) is 17.5. The van der Waals surface area contributed by atoms with Crippen molar-refractivity contribution in [3.05, 3.63) is 65.9 Å². The lowest BCUT2D eigenvalue weighted by Crippen LogP contribution is -2.41. The van der Waals surface area contributed by atoms with Gasteiger partial charge in [0.2, 0.25) is 0 Å². The summed E-state index contributed by atoms with van der Waals surface area (Å²) in [5.41, 5.74) is 2.33. The zero-order valence-corrected chi connectivity index (χ0v) is 15.3. The molecule has 6 heteroatoms. The Labute approximate surface area is 157 Å². The molecular formula is C21H22FN3O2. The van der Waals surface area contributed by atoms with Gasteiger partial charge in [0.1, 0.15) is 11.3 Å². The van der Waals surface area contributed by atoms with Gasteiger partial charge in [-0.1, -0.05) is 12.1 Å². The summed E-state index contributed by atoms with van der Waals surface area (Å²) in [5.74, 6) is 0.0198. The van der Waals surface area contributed by atoms with Crippen molar-refractivity contribution in [3.63, 3.8) is 0 Å². The van der Waals surface area contributed by atoms with Gasteiger partial charge in [0.25, 0.3) is 5.91 Å². The second kappa shape index (κ2) is 7.39. The molecular weight excluding hydrogens is 345 g/mol. The molecule has 0 unspecified atom stereocenters. The molecule has 0 bridgehead atoms. The Morgan fingerprint density at radius 2 is 2.19 bits per heavy atom.